The maximum absolute atomic E-state index is 12.6. The second-order valence-electron chi connectivity index (χ2n) is 6.81. The Hall–Kier alpha value is -1.74. The number of sulfonamides is 1. The Bertz CT molecular complexity index is 821. The van der Waals surface area contributed by atoms with Gasteiger partial charge in [-0.25, -0.2) is 23.1 Å². The minimum atomic E-state index is -3.68. The summed E-state index contributed by atoms with van der Waals surface area (Å²) in [5.41, 5.74) is 0. The first-order valence-electron chi connectivity index (χ1n) is 8.30. The fourth-order valence-corrected chi connectivity index (χ4v) is 3.88. The highest BCUT2D eigenvalue weighted by Gasteiger charge is 2.30. The zero-order valence-electron chi connectivity index (χ0n) is 14.4. The summed E-state index contributed by atoms with van der Waals surface area (Å²) >= 11 is 0. The van der Waals surface area contributed by atoms with E-state index >= 15 is 0 Å². The molecule has 1 aliphatic rings. The quantitative estimate of drug-likeness (QED) is 0.857. The number of hydrogen-bond donors (Lipinski definition) is 2. The van der Waals surface area contributed by atoms with Gasteiger partial charge < -0.3 is 4.98 Å². The molecule has 0 unspecified atom stereocenters. The summed E-state index contributed by atoms with van der Waals surface area (Å²) < 4.78 is 29.9. The molecule has 0 spiro atoms. The Morgan fingerprint density at radius 1 is 1.29 bits per heavy atom. The monoisotopic (exact) mass is 352 g/mol. The Kier molecular flexibility index (Phi) is 4.48. The number of H-pyrrole nitrogens is 1. The molecule has 0 aromatic carbocycles. The lowest BCUT2D eigenvalue weighted by atomic mass is 10.1. The van der Waals surface area contributed by atoms with Crippen LogP contribution in [0.3, 0.4) is 0 Å². The number of fused-ring (bicyclic) bond motifs is 1. The molecule has 0 aliphatic carbocycles. The highest BCUT2D eigenvalue weighted by atomic mass is 32.2. The van der Waals surface area contributed by atoms with E-state index in [0.29, 0.717) is 18.1 Å². The van der Waals surface area contributed by atoms with Crippen molar-refractivity contribution < 1.29 is 8.42 Å². The van der Waals surface area contributed by atoms with E-state index < -0.39 is 10.0 Å². The summed E-state index contributed by atoms with van der Waals surface area (Å²) in [6, 6.07) is -0.366. The van der Waals surface area contributed by atoms with E-state index in [-0.39, 0.29) is 22.9 Å². The molecule has 2 N–H and O–H groups in total. The van der Waals surface area contributed by atoms with E-state index in [1.54, 1.807) is 0 Å². The molecule has 24 heavy (non-hydrogen) atoms. The van der Waals surface area contributed by atoms with Gasteiger partial charge in [0.1, 0.15) is 11.6 Å². The Morgan fingerprint density at radius 2 is 2.04 bits per heavy atom. The van der Waals surface area contributed by atoms with Crippen molar-refractivity contribution in [1.29, 1.82) is 0 Å². The standard InChI is InChI=1S/C15H24N6O2S/c1-9(2)13-16-8-12(17-13)24(22,23)20-11-6-5-7-21-15(11)18-14(19-21)10(3)4/h8-11,20H,5-7H2,1-4H3,(H,16,17)/t11-/m1/s1. The molecule has 2 aromatic heterocycles. The van der Waals surface area contributed by atoms with Gasteiger partial charge >= 0.3 is 0 Å². The molecule has 0 amide bonds. The largest absolute Gasteiger partial charge is 0.332 e. The van der Waals surface area contributed by atoms with Gasteiger partial charge in [-0.2, -0.15) is 9.82 Å². The van der Waals surface area contributed by atoms with Gasteiger partial charge in [-0.3, -0.25) is 0 Å². The molecule has 9 heteroatoms. The molecule has 8 nitrogen and oxygen atoms in total. The van der Waals surface area contributed by atoms with Crippen molar-refractivity contribution in [2.24, 2.45) is 0 Å². The minimum absolute atomic E-state index is 0.0897. The molecule has 3 rings (SSSR count). The molecule has 1 atom stereocenters. The van der Waals surface area contributed by atoms with E-state index in [0.717, 1.165) is 18.8 Å². The van der Waals surface area contributed by atoms with Gasteiger partial charge in [-0.05, 0) is 12.8 Å². The maximum atomic E-state index is 12.6. The minimum Gasteiger partial charge on any atom is -0.332 e. The van der Waals surface area contributed by atoms with Gasteiger partial charge in [0.2, 0.25) is 0 Å². The number of hydrogen-bond acceptors (Lipinski definition) is 5. The number of nitrogens with one attached hydrogen (secondary N) is 2. The van der Waals surface area contributed by atoms with E-state index in [4.69, 9.17) is 0 Å². The highest BCUT2D eigenvalue weighted by molar-refractivity contribution is 7.89. The number of aromatic nitrogens is 5. The van der Waals surface area contributed by atoms with Crippen molar-refractivity contribution in [3.63, 3.8) is 0 Å². The van der Waals surface area contributed by atoms with Crippen LogP contribution in [-0.2, 0) is 16.6 Å². The van der Waals surface area contributed by atoms with Gasteiger partial charge in [0.25, 0.3) is 10.0 Å². The smallest absolute Gasteiger partial charge is 0.258 e. The predicted molar refractivity (Wildman–Crippen MR) is 89.1 cm³/mol. The van der Waals surface area contributed by atoms with E-state index in [1.807, 2.05) is 32.4 Å². The van der Waals surface area contributed by atoms with E-state index in [2.05, 4.69) is 24.8 Å². The molecule has 0 radical (unpaired) electrons. The predicted octanol–water partition coefficient (Wildman–Crippen LogP) is 2.06. The average molecular weight is 352 g/mol. The molecule has 0 fully saturated rings. The number of aryl methyl sites for hydroxylation is 1. The summed E-state index contributed by atoms with van der Waals surface area (Å²) in [5, 5.41) is 4.57. The second-order valence-corrected chi connectivity index (χ2v) is 8.49. The molecule has 0 saturated carbocycles. The zero-order valence-corrected chi connectivity index (χ0v) is 15.3. The summed E-state index contributed by atoms with van der Waals surface area (Å²) in [6.07, 6.45) is 2.94. The van der Waals surface area contributed by atoms with Crippen LogP contribution in [0.5, 0.6) is 0 Å². The van der Waals surface area contributed by atoms with Crippen LogP contribution in [0.15, 0.2) is 11.2 Å². The van der Waals surface area contributed by atoms with Crippen LogP contribution in [0.2, 0.25) is 0 Å². The zero-order chi connectivity index (χ0) is 17.5. The first-order chi connectivity index (χ1) is 11.3. The average Bonchev–Trinajstić information content (AvgIpc) is 3.15. The van der Waals surface area contributed by atoms with Gasteiger partial charge in [0.15, 0.2) is 10.9 Å². The fourth-order valence-electron chi connectivity index (χ4n) is 2.72. The van der Waals surface area contributed by atoms with Crippen molar-refractivity contribution in [1.82, 2.24) is 29.5 Å². The third-order valence-electron chi connectivity index (χ3n) is 4.11. The molecule has 132 valence electrons. The topological polar surface area (TPSA) is 106 Å². The van der Waals surface area contributed by atoms with Gasteiger partial charge in [0, 0.05) is 18.4 Å². The molecule has 0 bridgehead atoms. The lowest BCUT2D eigenvalue weighted by Crippen LogP contribution is -2.33. The molecule has 1 aliphatic heterocycles. The highest BCUT2D eigenvalue weighted by Crippen LogP contribution is 2.26. The normalized spacial score (nSPS) is 18.3. The lowest BCUT2D eigenvalue weighted by Gasteiger charge is -2.22. The van der Waals surface area contributed by atoms with Crippen molar-refractivity contribution in [2.75, 3.05) is 0 Å². The third kappa shape index (κ3) is 3.23. The molecule has 2 aromatic rings. The van der Waals surface area contributed by atoms with Gasteiger partial charge in [0.05, 0.1) is 12.2 Å². The molecule has 3 heterocycles. The van der Waals surface area contributed by atoms with Gasteiger partial charge in [-0.15, -0.1) is 0 Å². The van der Waals surface area contributed by atoms with Crippen LogP contribution in [-0.4, -0.2) is 33.2 Å². The van der Waals surface area contributed by atoms with Crippen molar-refractivity contribution in [3.8, 4) is 0 Å². The molecular formula is C15H24N6O2S. The lowest BCUT2D eigenvalue weighted by molar-refractivity contribution is 0.399. The summed E-state index contributed by atoms with van der Waals surface area (Å²) in [7, 11) is -3.68. The van der Waals surface area contributed by atoms with Crippen LogP contribution in [0.1, 0.15) is 75.9 Å². The Labute approximate surface area is 142 Å². The first kappa shape index (κ1) is 17.1. The number of aromatic amines is 1. The van der Waals surface area contributed by atoms with Crippen molar-refractivity contribution in [2.45, 2.75) is 70.0 Å². The van der Waals surface area contributed by atoms with Crippen LogP contribution in [0.4, 0.5) is 0 Å². The van der Waals surface area contributed by atoms with E-state index in [1.165, 1.54) is 6.20 Å². The van der Waals surface area contributed by atoms with E-state index in [9.17, 15) is 8.42 Å². The first-order valence-corrected chi connectivity index (χ1v) is 9.78. The summed E-state index contributed by atoms with van der Waals surface area (Å²) in [4.78, 5) is 11.6. The van der Waals surface area contributed by atoms with Crippen LogP contribution in [0.25, 0.3) is 0 Å². The maximum Gasteiger partial charge on any atom is 0.258 e. The molecule has 0 saturated heterocycles. The number of rotatable bonds is 5. The van der Waals surface area contributed by atoms with Crippen molar-refractivity contribution in [3.05, 3.63) is 23.7 Å². The SMILES string of the molecule is CC(C)c1nc2n(n1)CCC[C@H]2NS(=O)(=O)c1cnc(C(C)C)[nH]1. The number of imidazole rings is 1. The van der Waals surface area contributed by atoms with Crippen LogP contribution in [0, 0.1) is 0 Å². The van der Waals surface area contributed by atoms with Crippen LogP contribution >= 0.6 is 0 Å². The van der Waals surface area contributed by atoms with Crippen molar-refractivity contribution >= 4 is 10.0 Å². The fraction of sp³-hybridized carbons (Fsp3) is 0.667. The third-order valence-corrected chi connectivity index (χ3v) is 5.49. The molecular weight excluding hydrogens is 328 g/mol. The van der Waals surface area contributed by atoms with Gasteiger partial charge in [-0.1, -0.05) is 27.7 Å². The number of nitrogens with zero attached hydrogens (tertiary/aromatic N) is 4. The van der Waals surface area contributed by atoms with Crippen LogP contribution < -0.4 is 4.72 Å². The Balaban J connectivity index is 1.86. The second kappa shape index (κ2) is 6.29. The Morgan fingerprint density at radius 3 is 2.67 bits per heavy atom. The summed E-state index contributed by atoms with van der Waals surface area (Å²) in [5.74, 6) is 2.45. The summed E-state index contributed by atoms with van der Waals surface area (Å²) in [6.45, 7) is 8.74.